The molecule has 0 aromatic carbocycles. The van der Waals surface area contributed by atoms with Gasteiger partial charge in [-0.1, -0.05) is 30.4 Å². The fraction of sp³-hybridized carbons (Fsp3) is 0.600. The average Bonchev–Trinajstić information content (AvgIpc) is 2.25. The van der Waals surface area contributed by atoms with Crippen molar-refractivity contribution in [2.45, 2.75) is 51.7 Å². The van der Waals surface area contributed by atoms with Crippen LogP contribution in [0.4, 0.5) is 0 Å². The van der Waals surface area contributed by atoms with Gasteiger partial charge in [-0.25, -0.2) is 0 Å². The van der Waals surface area contributed by atoms with Gasteiger partial charge < -0.3 is 10.2 Å². The van der Waals surface area contributed by atoms with E-state index < -0.39 is 11.7 Å². The molecule has 0 unspecified atom stereocenters. The molecule has 0 spiro atoms. The van der Waals surface area contributed by atoms with Crippen molar-refractivity contribution < 1.29 is 10.2 Å². The number of hydrogen-bond acceptors (Lipinski definition) is 2. The van der Waals surface area contributed by atoms with Gasteiger partial charge in [-0.15, -0.1) is 0 Å². The monoisotopic (exact) mass is 236 g/mol. The van der Waals surface area contributed by atoms with Gasteiger partial charge in [0.2, 0.25) is 0 Å². The Labute approximate surface area is 104 Å². The van der Waals surface area contributed by atoms with Gasteiger partial charge in [0, 0.05) is 0 Å². The summed E-state index contributed by atoms with van der Waals surface area (Å²) in [5, 5.41) is 19.5. The van der Waals surface area contributed by atoms with Gasteiger partial charge in [-0.3, -0.25) is 0 Å². The van der Waals surface area contributed by atoms with Crippen LogP contribution in [0.2, 0.25) is 0 Å². The largest absolute Gasteiger partial charge is 0.386 e. The molecule has 0 radical (unpaired) electrons. The Kier molecular flexibility index (Phi) is 4.72. The van der Waals surface area contributed by atoms with E-state index in [1.54, 1.807) is 26.0 Å². The van der Waals surface area contributed by atoms with Crippen molar-refractivity contribution in [1.82, 2.24) is 0 Å². The standard InChI is InChI=1S/C15H24O2/c1-11-5-7-13(8-6-11)12(2)14(16)9-10-15(3,4)17/h5,9-10,13-14,16-17H,2,6-8H2,1,3-4H3/b10-9+/t13-,14-/m0/s1. The van der Waals surface area contributed by atoms with E-state index in [1.807, 2.05) is 0 Å². The minimum Gasteiger partial charge on any atom is -0.386 e. The van der Waals surface area contributed by atoms with E-state index in [1.165, 1.54) is 5.57 Å². The molecular formula is C15H24O2. The molecule has 2 N–H and O–H groups in total. The van der Waals surface area contributed by atoms with Crippen LogP contribution in [0.25, 0.3) is 0 Å². The van der Waals surface area contributed by atoms with Gasteiger partial charge in [0.1, 0.15) is 0 Å². The van der Waals surface area contributed by atoms with E-state index in [2.05, 4.69) is 19.6 Å². The SMILES string of the molecule is C=C([C@H]1CC=C(C)CC1)[C@@H](O)/C=C/C(C)(C)O. The van der Waals surface area contributed by atoms with Crippen LogP contribution in [0.1, 0.15) is 40.0 Å². The molecule has 0 heterocycles. The predicted molar refractivity (Wildman–Crippen MR) is 71.7 cm³/mol. The lowest BCUT2D eigenvalue weighted by molar-refractivity contribution is 0.131. The summed E-state index contributed by atoms with van der Waals surface area (Å²) in [6, 6.07) is 0. The second kappa shape index (κ2) is 5.65. The lowest BCUT2D eigenvalue weighted by atomic mass is 9.83. The fourth-order valence-corrected chi connectivity index (χ4v) is 1.99. The van der Waals surface area contributed by atoms with Crippen molar-refractivity contribution in [2.24, 2.45) is 5.92 Å². The molecule has 0 bridgehead atoms. The van der Waals surface area contributed by atoms with E-state index in [0.29, 0.717) is 5.92 Å². The van der Waals surface area contributed by atoms with Crippen LogP contribution < -0.4 is 0 Å². The number of hydrogen-bond donors (Lipinski definition) is 2. The highest BCUT2D eigenvalue weighted by atomic mass is 16.3. The first-order valence-electron chi connectivity index (χ1n) is 6.24. The molecule has 1 rings (SSSR count). The average molecular weight is 236 g/mol. The number of aliphatic hydroxyl groups excluding tert-OH is 1. The van der Waals surface area contributed by atoms with Gasteiger partial charge in [0.05, 0.1) is 11.7 Å². The quantitative estimate of drug-likeness (QED) is 0.737. The highest BCUT2D eigenvalue weighted by molar-refractivity contribution is 5.19. The molecule has 0 fully saturated rings. The molecule has 0 saturated carbocycles. The normalized spacial score (nSPS) is 23.6. The maximum atomic E-state index is 9.98. The number of allylic oxidation sites excluding steroid dienone is 2. The first-order valence-corrected chi connectivity index (χ1v) is 6.24. The van der Waals surface area contributed by atoms with Gasteiger partial charge in [0.25, 0.3) is 0 Å². The second-order valence-corrected chi connectivity index (χ2v) is 5.55. The fourth-order valence-electron chi connectivity index (χ4n) is 1.99. The van der Waals surface area contributed by atoms with Crippen molar-refractivity contribution in [2.75, 3.05) is 0 Å². The zero-order chi connectivity index (χ0) is 13.1. The van der Waals surface area contributed by atoms with Crippen molar-refractivity contribution in [3.63, 3.8) is 0 Å². The van der Waals surface area contributed by atoms with Gasteiger partial charge in [-0.2, -0.15) is 0 Å². The number of aliphatic hydroxyl groups is 2. The molecule has 96 valence electrons. The zero-order valence-corrected chi connectivity index (χ0v) is 11.1. The van der Waals surface area contributed by atoms with E-state index in [4.69, 9.17) is 0 Å². The summed E-state index contributed by atoms with van der Waals surface area (Å²) >= 11 is 0. The Balaban J connectivity index is 2.56. The Morgan fingerprint density at radius 3 is 2.71 bits per heavy atom. The minimum atomic E-state index is -0.885. The lowest BCUT2D eigenvalue weighted by Crippen LogP contribution is -2.19. The Hall–Kier alpha value is -0.860. The van der Waals surface area contributed by atoms with Crippen LogP contribution in [0.3, 0.4) is 0 Å². The first-order chi connectivity index (χ1) is 7.79. The van der Waals surface area contributed by atoms with Gasteiger partial charge in [0.15, 0.2) is 0 Å². The van der Waals surface area contributed by atoms with Crippen LogP contribution in [-0.2, 0) is 0 Å². The molecule has 0 aliphatic heterocycles. The molecular weight excluding hydrogens is 212 g/mol. The molecule has 0 aromatic rings. The summed E-state index contributed by atoms with van der Waals surface area (Å²) in [4.78, 5) is 0. The van der Waals surface area contributed by atoms with Gasteiger partial charge in [-0.05, 0) is 51.5 Å². The molecule has 0 amide bonds. The van der Waals surface area contributed by atoms with Crippen LogP contribution in [0.5, 0.6) is 0 Å². The van der Waals surface area contributed by atoms with Crippen LogP contribution in [0.15, 0.2) is 36.0 Å². The van der Waals surface area contributed by atoms with Crippen LogP contribution >= 0.6 is 0 Å². The Morgan fingerprint density at radius 2 is 2.24 bits per heavy atom. The van der Waals surface area contributed by atoms with Crippen molar-refractivity contribution in [1.29, 1.82) is 0 Å². The van der Waals surface area contributed by atoms with E-state index in [9.17, 15) is 10.2 Å². The van der Waals surface area contributed by atoms with E-state index in [-0.39, 0.29) is 0 Å². The summed E-state index contributed by atoms with van der Waals surface area (Å²) in [5.74, 6) is 0.361. The summed E-state index contributed by atoms with van der Waals surface area (Å²) in [6.07, 6.45) is 7.95. The molecule has 17 heavy (non-hydrogen) atoms. The lowest BCUT2D eigenvalue weighted by Gasteiger charge is -2.25. The van der Waals surface area contributed by atoms with Crippen molar-refractivity contribution in [3.05, 3.63) is 36.0 Å². The summed E-state index contributed by atoms with van der Waals surface area (Å²) < 4.78 is 0. The van der Waals surface area contributed by atoms with E-state index in [0.717, 1.165) is 24.8 Å². The summed E-state index contributed by atoms with van der Waals surface area (Å²) in [6.45, 7) is 9.51. The highest BCUT2D eigenvalue weighted by Gasteiger charge is 2.20. The molecule has 2 atom stereocenters. The summed E-state index contributed by atoms with van der Waals surface area (Å²) in [7, 11) is 0. The smallest absolute Gasteiger partial charge is 0.0933 e. The highest BCUT2D eigenvalue weighted by Crippen LogP contribution is 2.30. The van der Waals surface area contributed by atoms with Gasteiger partial charge >= 0.3 is 0 Å². The topological polar surface area (TPSA) is 40.5 Å². The maximum Gasteiger partial charge on any atom is 0.0933 e. The maximum absolute atomic E-state index is 9.98. The summed E-state index contributed by atoms with van der Waals surface area (Å²) in [5.41, 5.74) is 1.40. The first kappa shape index (κ1) is 14.2. The molecule has 2 heteroatoms. The zero-order valence-electron chi connectivity index (χ0n) is 11.1. The third kappa shape index (κ3) is 4.88. The van der Waals surface area contributed by atoms with E-state index >= 15 is 0 Å². The molecule has 1 aliphatic carbocycles. The Bertz CT molecular complexity index is 331. The van der Waals surface area contributed by atoms with Crippen molar-refractivity contribution in [3.8, 4) is 0 Å². The molecule has 0 saturated heterocycles. The predicted octanol–water partition coefficient (Wildman–Crippen LogP) is 2.98. The minimum absolute atomic E-state index is 0.361. The number of rotatable bonds is 4. The second-order valence-electron chi connectivity index (χ2n) is 5.55. The molecule has 1 aliphatic rings. The third-order valence-corrected chi connectivity index (χ3v) is 3.23. The molecule has 0 aromatic heterocycles. The Morgan fingerprint density at radius 1 is 1.59 bits per heavy atom. The van der Waals surface area contributed by atoms with Crippen LogP contribution in [-0.4, -0.2) is 21.9 Å². The third-order valence-electron chi connectivity index (χ3n) is 3.23. The molecule has 2 nitrogen and oxygen atoms in total. The van der Waals surface area contributed by atoms with Crippen molar-refractivity contribution >= 4 is 0 Å². The van der Waals surface area contributed by atoms with Crippen LogP contribution in [0, 0.1) is 5.92 Å².